The van der Waals surface area contributed by atoms with Crippen molar-refractivity contribution in [2.45, 2.75) is 25.4 Å². The van der Waals surface area contributed by atoms with E-state index in [1.165, 1.54) is 13.1 Å². The van der Waals surface area contributed by atoms with Crippen molar-refractivity contribution in [2.75, 3.05) is 18.1 Å². The molecule has 0 aliphatic carbocycles. The Morgan fingerprint density at radius 1 is 1.20 bits per heavy atom. The molecule has 2 rings (SSSR count). The first-order chi connectivity index (χ1) is 11.9. The first-order valence-electron chi connectivity index (χ1n) is 7.68. The zero-order valence-electron chi connectivity index (χ0n) is 14.3. The number of hydrogen-bond donors (Lipinski definition) is 3. The number of aromatic amines is 1. The van der Waals surface area contributed by atoms with Crippen molar-refractivity contribution in [2.24, 2.45) is 0 Å². The summed E-state index contributed by atoms with van der Waals surface area (Å²) in [5.74, 6) is -0.334. The minimum atomic E-state index is -0.355. The number of thioether (sulfide) groups is 1. The molecule has 0 aliphatic rings. The summed E-state index contributed by atoms with van der Waals surface area (Å²) in [5, 5.41) is 5.63. The molecule has 2 aromatic rings. The lowest BCUT2D eigenvalue weighted by atomic mass is 10.1. The molecular weight excluding hydrogens is 340 g/mol. The van der Waals surface area contributed by atoms with E-state index in [1.54, 1.807) is 0 Å². The number of carbonyl (C=O) groups excluding carboxylic acids is 2. The van der Waals surface area contributed by atoms with Crippen molar-refractivity contribution in [1.82, 2.24) is 15.3 Å². The maximum atomic E-state index is 12.1. The molecule has 0 unspecified atom stereocenters. The van der Waals surface area contributed by atoms with Crippen LogP contribution in [0.25, 0.3) is 0 Å². The topological polar surface area (TPSA) is 104 Å². The zero-order chi connectivity index (χ0) is 18.4. The molecular formula is C17H20N4O3S. The summed E-state index contributed by atoms with van der Waals surface area (Å²) >= 11 is 1.11. The summed E-state index contributed by atoms with van der Waals surface area (Å²) in [4.78, 5) is 41.9. The van der Waals surface area contributed by atoms with Crippen LogP contribution >= 0.6 is 11.8 Å². The van der Waals surface area contributed by atoms with E-state index in [4.69, 9.17) is 0 Å². The Labute approximate surface area is 149 Å². The molecule has 25 heavy (non-hydrogen) atoms. The average molecular weight is 360 g/mol. The second kappa shape index (κ2) is 8.48. The Hall–Kier alpha value is -2.61. The van der Waals surface area contributed by atoms with Gasteiger partial charge in [0, 0.05) is 18.8 Å². The molecule has 0 bridgehead atoms. The summed E-state index contributed by atoms with van der Waals surface area (Å²) in [5.41, 5.74) is 2.80. The number of carbonyl (C=O) groups is 2. The number of aromatic nitrogens is 2. The standard InChI is InChI=1S/C17H20N4O3S/c1-10-4-5-11(2)13(6-10)20-16(24)9-25-17-19-12(7-14(22)18-3)8-15(23)21-17/h4-6,8H,7,9H2,1-3H3,(H,18,22)(H,20,24)(H,19,21,23). The summed E-state index contributed by atoms with van der Waals surface area (Å²) < 4.78 is 0. The van der Waals surface area contributed by atoms with Crippen molar-refractivity contribution in [3.05, 3.63) is 51.4 Å². The first kappa shape index (κ1) is 18.7. The van der Waals surface area contributed by atoms with Gasteiger partial charge in [0.2, 0.25) is 11.8 Å². The van der Waals surface area contributed by atoms with Crippen molar-refractivity contribution >= 4 is 29.3 Å². The number of H-pyrrole nitrogens is 1. The number of rotatable bonds is 6. The van der Waals surface area contributed by atoms with Crippen LogP contribution < -0.4 is 16.2 Å². The number of likely N-dealkylation sites (N-methyl/N-ethyl adjacent to an activating group) is 1. The van der Waals surface area contributed by atoms with Crippen LogP contribution in [0.5, 0.6) is 0 Å². The number of benzene rings is 1. The van der Waals surface area contributed by atoms with Gasteiger partial charge in [0.1, 0.15) is 0 Å². The summed E-state index contributed by atoms with van der Waals surface area (Å²) in [6.07, 6.45) is 0.0165. The molecule has 1 aromatic heterocycles. The molecule has 0 saturated heterocycles. The Morgan fingerprint density at radius 2 is 1.96 bits per heavy atom. The van der Waals surface area contributed by atoms with Crippen LogP contribution in [-0.2, 0) is 16.0 Å². The van der Waals surface area contributed by atoms with Gasteiger partial charge < -0.3 is 15.6 Å². The highest BCUT2D eigenvalue weighted by Gasteiger charge is 2.10. The third-order valence-electron chi connectivity index (χ3n) is 3.40. The fourth-order valence-corrected chi connectivity index (χ4v) is 2.78. The lowest BCUT2D eigenvalue weighted by Gasteiger charge is -2.09. The largest absolute Gasteiger partial charge is 0.359 e. The van der Waals surface area contributed by atoms with Crippen LogP contribution in [0.2, 0.25) is 0 Å². The predicted molar refractivity (Wildman–Crippen MR) is 97.9 cm³/mol. The van der Waals surface area contributed by atoms with Crippen molar-refractivity contribution in [3.8, 4) is 0 Å². The molecule has 0 aliphatic heterocycles. The monoisotopic (exact) mass is 360 g/mol. The van der Waals surface area contributed by atoms with E-state index in [0.29, 0.717) is 10.9 Å². The van der Waals surface area contributed by atoms with Gasteiger partial charge in [-0.15, -0.1) is 0 Å². The lowest BCUT2D eigenvalue weighted by molar-refractivity contribution is -0.120. The van der Waals surface area contributed by atoms with E-state index in [2.05, 4.69) is 20.6 Å². The van der Waals surface area contributed by atoms with E-state index in [0.717, 1.165) is 28.6 Å². The average Bonchev–Trinajstić information content (AvgIpc) is 2.55. The minimum Gasteiger partial charge on any atom is -0.359 e. The number of amides is 2. The Bertz CT molecular complexity index is 848. The molecule has 7 nitrogen and oxygen atoms in total. The second-order valence-corrected chi connectivity index (χ2v) is 6.51. The molecule has 3 N–H and O–H groups in total. The second-order valence-electron chi connectivity index (χ2n) is 5.55. The smallest absolute Gasteiger partial charge is 0.251 e. The number of hydrogen-bond acceptors (Lipinski definition) is 5. The van der Waals surface area contributed by atoms with Crippen LogP contribution in [0.3, 0.4) is 0 Å². The fraction of sp³-hybridized carbons (Fsp3) is 0.294. The highest BCUT2D eigenvalue weighted by atomic mass is 32.2. The first-order valence-corrected chi connectivity index (χ1v) is 8.66. The van der Waals surface area contributed by atoms with E-state index < -0.39 is 0 Å². The van der Waals surface area contributed by atoms with Gasteiger partial charge >= 0.3 is 0 Å². The van der Waals surface area contributed by atoms with Gasteiger partial charge in [0.05, 0.1) is 17.9 Å². The number of nitrogens with zero attached hydrogens (tertiary/aromatic N) is 1. The number of aryl methyl sites for hydroxylation is 2. The van der Waals surface area contributed by atoms with Crippen molar-refractivity contribution < 1.29 is 9.59 Å². The SMILES string of the molecule is CNC(=O)Cc1cc(=O)[nH]c(SCC(=O)Nc2cc(C)ccc2C)n1. The normalized spacial score (nSPS) is 10.4. The van der Waals surface area contributed by atoms with Crippen LogP contribution in [0.15, 0.2) is 34.2 Å². The maximum absolute atomic E-state index is 12.1. The van der Waals surface area contributed by atoms with Gasteiger partial charge in [-0.3, -0.25) is 14.4 Å². The van der Waals surface area contributed by atoms with E-state index in [1.807, 2.05) is 32.0 Å². The van der Waals surface area contributed by atoms with Crippen LogP contribution in [0.4, 0.5) is 5.69 Å². The molecule has 0 spiro atoms. The van der Waals surface area contributed by atoms with Crippen LogP contribution in [0, 0.1) is 13.8 Å². The predicted octanol–water partition coefficient (Wildman–Crippen LogP) is 1.41. The maximum Gasteiger partial charge on any atom is 0.251 e. The Morgan fingerprint density at radius 3 is 2.68 bits per heavy atom. The summed E-state index contributed by atoms with van der Waals surface area (Å²) in [6, 6.07) is 7.10. The third kappa shape index (κ3) is 5.75. The Balaban J connectivity index is 2.00. The zero-order valence-corrected chi connectivity index (χ0v) is 15.1. The van der Waals surface area contributed by atoms with Gasteiger partial charge in [-0.05, 0) is 31.0 Å². The fourth-order valence-electron chi connectivity index (χ4n) is 2.09. The van der Waals surface area contributed by atoms with Gasteiger partial charge in [0.15, 0.2) is 5.16 Å². The number of nitrogens with one attached hydrogen (secondary N) is 3. The molecule has 0 fully saturated rings. The molecule has 1 aromatic carbocycles. The van der Waals surface area contributed by atoms with Gasteiger partial charge in [-0.2, -0.15) is 0 Å². The van der Waals surface area contributed by atoms with Crippen molar-refractivity contribution in [3.63, 3.8) is 0 Å². The van der Waals surface area contributed by atoms with E-state index in [9.17, 15) is 14.4 Å². The molecule has 0 atom stereocenters. The van der Waals surface area contributed by atoms with Crippen LogP contribution in [0.1, 0.15) is 16.8 Å². The lowest BCUT2D eigenvalue weighted by Crippen LogP contribution is -2.22. The highest BCUT2D eigenvalue weighted by Crippen LogP contribution is 2.18. The summed E-state index contributed by atoms with van der Waals surface area (Å²) in [6.45, 7) is 3.87. The summed E-state index contributed by atoms with van der Waals surface area (Å²) in [7, 11) is 1.52. The molecule has 132 valence electrons. The van der Waals surface area contributed by atoms with E-state index in [-0.39, 0.29) is 29.5 Å². The number of anilines is 1. The third-order valence-corrected chi connectivity index (χ3v) is 4.27. The van der Waals surface area contributed by atoms with Gasteiger partial charge in [-0.25, -0.2) is 4.98 Å². The molecule has 1 heterocycles. The van der Waals surface area contributed by atoms with Crippen LogP contribution in [-0.4, -0.2) is 34.6 Å². The minimum absolute atomic E-state index is 0.0165. The molecule has 2 amide bonds. The molecule has 0 radical (unpaired) electrons. The van der Waals surface area contributed by atoms with Gasteiger partial charge in [-0.1, -0.05) is 23.9 Å². The van der Waals surface area contributed by atoms with Gasteiger partial charge in [0.25, 0.3) is 5.56 Å². The van der Waals surface area contributed by atoms with Crippen molar-refractivity contribution in [1.29, 1.82) is 0 Å². The Kier molecular flexibility index (Phi) is 6.35. The van der Waals surface area contributed by atoms with E-state index >= 15 is 0 Å². The molecule has 0 saturated carbocycles. The molecule has 8 heteroatoms. The quantitative estimate of drug-likeness (QED) is 0.534. The highest BCUT2D eigenvalue weighted by molar-refractivity contribution is 7.99.